The zero-order valence-electron chi connectivity index (χ0n) is 10.7. The molecule has 2 atom stereocenters. The van der Waals surface area contributed by atoms with Crippen molar-refractivity contribution in [2.45, 2.75) is 39.2 Å². The van der Waals surface area contributed by atoms with E-state index in [-0.39, 0.29) is 5.82 Å². The summed E-state index contributed by atoms with van der Waals surface area (Å²) in [5.41, 5.74) is 1.11. The Morgan fingerprint density at radius 3 is 2.71 bits per heavy atom. The zero-order valence-corrected chi connectivity index (χ0v) is 10.7. The third-order valence-corrected chi connectivity index (χ3v) is 3.72. The van der Waals surface area contributed by atoms with Crippen molar-refractivity contribution in [3.63, 3.8) is 0 Å². The summed E-state index contributed by atoms with van der Waals surface area (Å²) in [6.07, 6.45) is 3.64. The third kappa shape index (κ3) is 4.12. The highest BCUT2D eigenvalue weighted by atomic mass is 19.1. The van der Waals surface area contributed by atoms with Crippen molar-refractivity contribution in [3.05, 3.63) is 35.6 Å². The van der Waals surface area contributed by atoms with Crippen LogP contribution in [0, 0.1) is 17.7 Å². The zero-order chi connectivity index (χ0) is 12.3. The summed E-state index contributed by atoms with van der Waals surface area (Å²) in [5.74, 6) is 1.10. The Labute approximate surface area is 103 Å². The summed E-state index contributed by atoms with van der Waals surface area (Å²) in [7, 11) is 0. The molecule has 1 aliphatic carbocycles. The molecule has 1 fully saturated rings. The van der Waals surface area contributed by atoms with Gasteiger partial charge in [-0.05, 0) is 55.3 Å². The van der Waals surface area contributed by atoms with Crippen LogP contribution in [0.3, 0.4) is 0 Å². The van der Waals surface area contributed by atoms with Gasteiger partial charge < -0.3 is 5.32 Å². The summed E-state index contributed by atoms with van der Waals surface area (Å²) >= 11 is 0. The van der Waals surface area contributed by atoms with Crippen molar-refractivity contribution >= 4 is 0 Å². The normalized spacial score (nSPS) is 19.0. The quantitative estimate of drug-likeness (QED) is 0.797. The van der Waals surface area contributed by atoms with Gasteiger partial charge in [0, 0.05) is 6.04 Å². The Kier molecular flexibility index (Phi) is 4.16. The second-order valence-corrected chi connectivity index (χ2v) is 5.47. The number of hydrogen-bond donors (Lipinski definition) is 1. The van der Waals surface area contributed by atoms with Gasteiger partial charge in [-0.1, -0.05) is 26.0 Å². The molecule has 1 aromatic rings. The third-order valence-electron chi connectivity index (χ3n) is 3.72. The lowest BCUT2D eigenvalue weighted by Crippen LogP contribution is -2.27. The lowest BCUT2D eigenvalue weighted by Gasteiger charge is -2.20. The Balaban J connectivity index is 1.80. The topological polar surface area (TPSA) is 12.0 Å². The molecule has 1 nitrogen and oxygen atoms in total. The summed E-state index contributed by atoms with van der Waals surface area (Å²) in [6.45, 7) is 5.62. The van der Waals surface area contributed by atoms with Crippen molar-refractivity contribution in [1.29, 1.82) is 0 Å². The number of hydrogen-bond acceptors (Lipinski definition) is 1. The van der Waals surface area contributed by atoms with Gasteiger partial charge in [-0.3, -0.25) is 0 Å². The van der Waals surface area contributed by atoms with Gasteiger partial charge in [0.05, 0.1) is 0 Å². The van der Waals surface area contributed by atoms with E-state index in [4.69, 9.17) is 0 Å². The summed E-state index contributed by atoms with van der Waals surface area (Å²) < 4.78 is 13.1. The first-order valence-electron chi connectivity index (χ1n) is 6.63. The first-order valence-corrected chi connectivity index (χ1v) is 6.63. The van der Waals surface area contributed by atoms with Crippen LogP contribution in [0.2, 0.25) is 0 Å². The SMILES string of the molecule is CC(CNC1CC1)C(C)Cc1cccc(F)c1. The number of halogens is 1. The van der Waals surface area contributed by atoms with Gasteiger partial charge in [-0.25, -0.2) is 4.39 Å². The van der Waals surface area contributed by atoms with Crippen LogP contribution in [-0.4, -0.2) is 12.6 Å². The predicted molar refractivity (Wildman–Crippen MR) is 69.5 cm³/mol. The minimum Gasteiger partial charge on any atom is -0.314 e. The van der Waals surface area contributed by atoms with E-state index in [1.165, 1.54) is 18.9 Å². The molecule has 2 heteroatoms. The van der Waals surface area contributed by atoms with Crippen molar-refractivity contribution in [1.82, 2.24) is 5.32 Å². The fourth-order valence-electron chi connectivity index (χ4n) is 2.08. The lowest BCUT2D eigenvalue weighted by atomic mass is 9.89. The van der Waals surface area contributed by atoms with Crippen LogP contribution in [0.4, 0.5) is 4.39 Å². The van der Waals surface area contributed by atoms with E-state index in [0.29, 0.717) is 11.8 Å². The van der Waals surface area contributed by atoms with Crippen molar-refractivity contribution in [2.24, 2.45) is 11.8 Å². The van der Waals surface area contributed by atoms with E-state index in [1.807, 2.05) is 6.07 Å². The van der Waals surface area contributed by atoms with Crippen LogP contribution in [-0.2, 0) is 6.42 Å². The Bertz CT molecular complexity index is 360. The molecule has 1 aliphatic rings. The number of nitrogens with one attached hydrogen (secondary N) is 1. The van der Waals surface area contributed by atoms with Crippen LogP contribution < -0.4 is 5.32 Å². The molecule has 0 aromatic heterocycles. The van der Waals surface area contributed by atoms with Crippen LogP contribution in [0.1, 0.15) is 32.3 Å². The van der Waals surface area contributed by atoms with Gasteiger partial charge in [0.25, 0.3) is 0 Å². The smallest absolute Gasteiger partial charge is 0.123 e. The molecule has 0 amide bonds. The molecule has 2 unspecified atom stereocenters. The second-order valence-electron chi connectivity index (χ2n) is 5.47. The lowest BCUT2D eigenvalue weighted by molar-refractivity contribution is 0.364. The van der Waals surface area contributed by atoms with Crippen molar-refractivity contribution < 1.29 is 4.39 Å². The number of rotatable bonds is 6. The van der Waals surface area contributed by atoms with Gasteiger partial charge in [-0.2, -0.15) is 0 Å². The molecule has 0 spiro atoms. The molecule has 17 heavy (non-hydrogen) atoms. The fraction of sp³-hybridized carbons (Fsp3) is 0.600. The van der Waals surface area contributed by atoms with E-state index >= 15 is 0 Å². The van der Waals surface area contributed by atoms with E-state index in [9.17, 15) is 4.39 Å². The molecule has 94 valence electrons. The van der Waals surface area contributed by atoms with E-state index < -0.39 is 0 Å². The first kappa shape index (κ1) is 12.6. The highest BCUT2D eigenvalue weighted by Crippen LogP contribution is 2.21. The predicted octanol–water partition coefficient (Wildman–Crippen LogP) is 3.39. The Morgan fingerprint density at radius 2 is 2.06 bits per heavy atom. The van der Waals surface area contributed by atoms with Crippen LogP contribution in [0.15, 0.2) is 24.3 Å². The molecule has 0 aliphatic heterocycles. The van der Waals surface area contributed by atoms with Gasteiger partial charge in [0.2, 0.25) is 0 Å². The van der Waals surface area contributed by atoms with Gasteiger partial charge in [-0.15, -0.1) is 0 Å². The highest BCUT2D eigenvalue weighted by molar-refractivity contribution is 5.16. The van der Waals surface area contributed by atoms with Gasteiger partial charge >= 0.3 is 0 Å². The van der Waals surface area contributed by atoms with Crippen LogP contribution >= 0.6 is 0 Å². The standard InChI is InChI=1S/C15H22FN/c1-11(12(2)10-17-15-6-7-15)8-13-4-3-5-14(16)9-13/h3-5,9,11-12,15,17H,6-8,10H2,1-2H3. The fourth-order valence-corrected chi connectivity index (χ4v) is 2.08. The van der Waals surface area contributed by atoms with Crippen molar-refractivity contribution in [2.75, 3.05) is 6.54 Å². The summed E-state index contributed by atoms with van der Waals surface area (Å²) in [5, 5.41) is 3.56. The second kappa shape index (κ2) is 5.63. The minimum atomic E-state index is -0.126. The maximum absolute atomic E-state index is 13.1. The van der Waals surface area contributed by atoms with E-state index in [1.54, 1.807) is 12.1 Å². The average molecular weight is 235 g/mol. The molecular weight excluding hydrogens is 213 g/mol. The molecule has 0 radical (unpaired) electrons. The van der Waals surface area contributed by atoms with Crippen LogP contribution in [0.25, 0.3) is 0 Å². The Morgan fingerprint density at radius 1 is 1.29 bits per heavy atom. The maximum Gasteiger partial charge on any atom is 0.123 e. The molecule has 1 N–H and O–H groups in total. The monoisotopic (exact) mass is 235 g/mol. The molecular formula is C15H22FN. The molecule has 1 aromatic carbocycles. The van der Waals surface area contributed by atoms with Gasteiger partial charge in [0.1, 0.15) is 5.82 Å². The minimum absolute atomic E-state index is 0.126. The molecule has 0 bridgehead atoms. The Hall–Kier alpha value is -0.890. The van der Waals surface area contributed by atoms with E-state index in [0.717, 1.165) is 24.6 Å². The first-order chi connectivity index (χ1) is 8.15. The van der Waals surface area contributed by atoms with E-state index in [2.05, 4.69) is 19.2 Å². The van der Waals surface area contributed by atoms with Crippen molar-refractivity contribution in [3.8, 4) is 0 Å². The van der Waals surface area contributed by atoms with Crippen LogP contribution in [0.5, 0.6) is 0 Å². The highest BCUT2D eigenvalue weighted by Gasteiger charge is 2.22. The average Bonchev–Trinajstić information content (AvgIpc) is 3.09. The molecule has 0 heterocycles. The molecule has 2 rings (SSSR count). The summed E-state index contributed by atoms with van der Waals surface area (Å²) in [6, 6.07) is 7.74. The molecule has 0 saturated heterocycles. The largest absolute Gasteiger partial charge is 0.314 e. The number of benzene rings is 1. The van der Waals surface area contributed by atoms with Gasteiger partial charge in [0.15, 0.2) is 0 Å². The molecule has 1 saturated carbocycles. The maximum atomic E-state index is 13.1. The summed E-state index contributed by atoms with van der Waals surface area (Å²) in [4.78, 5) is 0.